The first kappa shape index (κ1) is 10.5. The molecule has 0 radical (unpaired) electrons. The summed E-state index contributed by atoms with van der Waals surface area (Å²) in [4.78, 5) is 0. The molecule has 0 saturated carbocycles. The first-order chi connectivity index (χ1) is 5.63. The molecule has 0 aliphatic carbocycles. The summed E-state index contributed by atoms with van der Waals surface area (Å²) in [5.41, 5.74) is 0. The highest BCUT2D eigenvalue weighted by Crippen LogP contribution is 2.48. The smallest absolute Gasteiger partial charge is 0.0589 e. The van der Waals surface area contributed by atoms with Gasteiger partial charge in [-0.25, -0.2) is 0 Å². The van der Waals surface area contributed by atoms with Crippen molar-refractivity contribution in [2.45, 2.75) is 20.3 Å². The van der Waals surface area contributed by atoms with Crippen molar-refractivity contribution >= 4 is 34.1 Å². The third kappa shape index (κ3) is 2.72. The normalized spacial score (nSPS) is 28.2. The molecule has 0 spiro atoms. The second-order valence-corrected chi connectivity index (χ2v) is 6.30. The van der Waals surface area contributed by atoms with Crippen LogP contribution in [-0.2, 0) is 0 Å². The van der Waals surface area contributed by atoms with Gasteiger partial charge in [0.2, 0.25) is 0 Å². The Bertz CT molecular complexity index is 221. The molecule has 0 fully saturated rings. The standard InChI is InChI=1S/C9H14Cl2S/c1-3-7(2)5-12-6-8(10)4-9(12)11/h4,6-7,12H,3,5H2,1-2H3. The average Bonchev–Trinajstić information content (AvgIpc) is 2.30. The molecule has 2 unspecified atom stereocenters. The van der Waals surface area contributed by atoms with Gasteiger partial charge in [-0.1, -0.05) is 43.5 Å². The SMILES string of the molecule is CCC(C)C[SH]1C=C(Cl)C=C1Cl. The predicted octanol–water partition coefficient (Wildman–Crippen LogP) is 4.21. The van der Waals surface area contributed by atoms with Crippen LogP contribution in [0.5, 0.6) is 0 Å². The van der Waals surface area contributed by atoms with E-state index in [0.717, 1.165) is 15.3 Å². The van der Waals surface area contributed by atoms with Gasteiger partial charge in [0.25, 0.3) is 0 Å². The van der Waals surface area contributed by atoms with Crippen molar-refractivity contribution in [3.8, 4) is 0 Å². The van der Waals surface area contributed by atoms with Gasteiger partial charge in [-0.05, 0) is 23.2 Å². The van der Waals surface area contributed by atoms with Crippen LogP contribution in [0.2, 0.25) is 0 Å². The molecule has 0 aromatic rings. The lowest BCUT2D eigenvalue weighted by molar-refractivity contribution is 0.636. The second-order valence-electron chi connectivity index (χ2n) is 3.15. The van der Waals surface area contributed by atoms with Crippen LogP contribution in [0.25, 0.3) is 0 Å². The molecule has 0 nitrogen and oxygen atoms in total. The zero-order valence-electron chi connectivity index (χ0n) is 7.35. The molecule has 1 heterocycles. The maximum absolute atomic E-state index is 6.03. The Morgan fingerprint density at radius 1 is 1.50 bits per heavy atom. The molecular formula is C9H14Cl2S. The molecule has 0 aromatic carbocycles. The molecule has 3 heteroatoms. The Kier molecular flexibility index (Phi) is 4.01. The van der Waals surface area contributed by atoms with Crippen LogP contribution in [0.15, 0.2) is 20.9 Å². The number of allylic oxidation sites excluding steroid dienone is 2. The van der Waals surface area contributed by atoms with Crippen molar-refractivity contribution in [3.63, 3.8) is 0 Å². The van der Waals surface area contributed by atoms with Crippen molar-refractivity contribution in [1.82, 2.24) is 0 Å². The van der Waals surface area contributed by atoms with Gasteiger partial charge in [0.15, 0.2) is 0 Å². The van der Waals surface area contributed by atoms with Gasteiger partial charge >= 0.3 is 0 Å². The first-order valence-electron chi connectivity index (χ1n) is 4.14. The molecule has 12 heavy (non-hydrogen) atoms. The molecule has 1 rings (SSSR count). The lowest BCUT2D eigenvalue weighted by atomic mass is 10.2. The summed E-state index contributed by atoms with van der Waals surface area (Å²) in [5, 5.41) is 2.92. The van der Waals surface area contributed by atoms with Crippen molar-refractivity contribution in [2.24, 2.45) is 5.92 Å². The van der Waals surface area contributed by atoms with E-state index in [2.05, 4.69) is 19.3 Å². The lowest BCUT2D eigenvalue weighted by Gasteiger charge is -2.17. The molecule has 0 amide bonds. The Morgan fingerprint density at radius 3 is 2.58 bits per heavy atom. The van der Waals surface area contributed by atoms with E-state index in [0.29, 0.717) is 0 Å². The fourth-order valence-corrected chi connectivity index (χ4v) is 4.12. The van der Waals surface area contributed by atoms with Crippen LogP contribution >= 0.6 is 34.1 Å². The molecule has 70 valence electrons. The van der Waals surface area contributed by atoms with E-state index in [1.807, 2.05) is 6.08 Å². The summed E-state index contributed by atoms with van der Waals surface area (Å²) in [7, 11) is -0.258. The van der Waals surface area contributed by atoms with Crippen LogP contribution in [-0.4, -0.2) is 5.75 Å². The van der Waals surface area contributed by atoms with Gasteiger partial charge in [0, 0.05) is 5.03 Å². The van der Waals surface area contributed by atoms with Gasteiger partial charge in [-0.15, -0.1) is 0 Å². The second kappa shape index (κ2) is 4.59. The number of thiol groups is 1. The molecule has 1 aliphatic heterocycles. The van der Waals surface area contributed by atoms with E-state index in [4.69, 9.17) is 23.2 Å². The first-order valence-corrected chi connectivity index (χ1v) is 6.49. The average molecular weight is 225 g/mol. The number of hydrogen-bond donors (Lipinski definition) is 1. The molecular weight excluding hydrogens is 211 g/mol. The Hall–Kier alpha value is 0.410. The van der Waals surface area contributed by atoms with Crippen molar-refractivity contribution < 1.29 is 0 Å². The predicted molar refractivity (Wildman–Crippen MR) is 61.2 cm³/mol. The third-order valence-electron chi connectivity index (χ3n) is 2.02. The Labute approximate surface area is 87.0 Å². The minimum absolute atomic E-state index is 0.258. The summed E-state index contributed by atoms with van der Waals surface area (Å²) >= 11 is 11.9. The van der Waals surface area contributed by atoms with Crippen LogP contribution in [0.3, 0.4) is 0 Å². The van der Waals surface area contributed by atoms with Gasteiger partial charge in [0.1, 0.15) is 0 Å². The van der Waals surface area contributed by atoms with Crippen LogP contribution in [0.4, 0.5) is 0 Å². The van der Waals surface area contributed by atoms with Crippen molar-refractivity contribution in [1.29, 1.82) is 0 Å². The molecule has 2 atom stereocenters. The van der Waals surface area contributed by atoms with Gasteiger partial charge in [0.05, 0.1) is 4.36 Å². The Morgan fingerprint density at radius 2 is 2.17 bits per heavy atom. The number of halogens is 2. The van der Waals surface area contributed by atoms with Gasteiger partial charge in [-0.2, -0.15) is 10.9 Å². The minimum atomic E-state index is -0.258. The van der Waals surface area contributed by atoms with Crippen LogP contribution < -0.4 is 0 Å². The monoisotopic (exact) mass is 224 g/mol. The molecule has 1 aliphatic rings. The van der Waals surface area contributed by atoms with Crippen LogP contribution in [0, 0.1) is 5.92 Å². The molecule has 0 bridgehead atoms. The third-order valence-corrected chi connectivity index (χ3v) is 5.43. The van der Waals surface area contributed by atoms with E-state index >= 15 is 0 Å². The van der Waals surface area contributed by atoms with Gasteiger partial charge in [-0.3, -0.25) is 0 Å². The fraction of sp³-hybridized carbons (Fsp3) is 0.556. The van der Waals surface area contributed by atoms with Gasteiger partial charge < -0.3 is 0 Å². The van der Waals surface area contributed by atoms with Crippen LogP contribution in [0.1, 0.15) is 20.3 Å². The summed E-state index contributed by atoms with van der Waals surface area (Å²) in [6.45, 7) is 4.46. The summed E-state index contributed by atoms with van der Waals surface area (Å²) < 4.78 is 0.954. The number of hydrogen-bond acceptors (Lipinski definition) is 0. The highest BCUT2D eigenvalue weighted by atomic mass is 35.5. The minimum Gasteiger partial charge on any atom is -0.195 e. The van der Waals surface area contributed by atoms with E-state index < -0.39 is 0 Å². The lowest BCUT2D eigenvalue weighted by Crippen LogP contribution is -1.98. The van der Waals surface area contributed by atoms with Crippen molar-refractivity contribution in [2.75, 3.05) is 5.75 Å². The maximum Gasteiger partial charge on any atom is 0.0589 e. The topological polar surface area (TPSA) is 0 Å². The Balaban J connectivity index is 2.50. The highest BCUT2D eigenvalue weighted by Gasteiger charge is 2.14. The molecule has 0 saturated heterocycles. The summed E-state index contributed by atoms with van der Waals surface area (Å²) in [6.07, 6.45) is 3.09. The number of rotatable bonds is 3. The quantitative estimate of drug-likeness (QED) is 0.683. The fourth-order valence-electron chi connectivity index (χ4n) is 1.05. The zero-order chi connectivity index (χ0) is 9.14. The largest absolute Gasteiger partial charge is 0.195 e. The molecule has 0 N–H and O–H groups in total. The summed E-state index contributed by atoms with van der Waals surface area (Å²) in [5.74, 6) is 1.93. The van der Waals surface area contributed by atoms with E-state index in [-0.39, 0.29) is 10.9 Å². The zero-order valence-corrected chi connectivity index (χ0v) is 9.76. The van der Waals surface area contributed by atoms with E-state index in [1.54, 1.807) is 0 Å². The van der Waals surface area contributed by atoms with E-state index in [1.165, 1.54) is 12.2 Å². The van der Waals surface area contributed by atoms with E-state index in [9.17, 15) is 0 Å². The highest BCUT2D eigenvalue weighted by molar-refractivity contribution is 8.24. The summed E-state index contributed by atoms with van der Waals surface area (Å²) in [6, 6.07) is 0. The maximum atomic E-state index is 6.03. The van der Waals surface area contributed by atoms with Crippen molar-refractivity contribution in [3.05, 3.63) is 20.9 Å². The molecule has 0 aromatic heterocycles.